The lowest BCUT2D eigenvalue weighted by Crippen LogP contribution is -2.46. The van der Waals surface area contributed by atoms with E-state index in [9.17, 15) is 19.2 Å². The summed E-state index contributed by atoms with van der Waals surface area (Å²) in [6.45, 7) is 2.89. The average Bonchev–Trinajstić information content (AvgIpc) is 3.16. The van der Waals surface area contributed by atoms with Crippen molar-refractivity contribution in [3.05, 3.63) is 57.9 Å². The Morgan fingerprint density at radius 1 is 1.20 bits per heavy atom. The van der Waals surface area contributed by atoms with Crippen LogP contribution in [0.5, 0.6) is 0 Å². The number of aryl methyl sites for hydroxylation is 2. The van der Waals surface area contributed by atoms with E-state index < -0.39 is 35.8 Å². The number of ether oxygens (including phenoxy) is 1. The lowest BCUT2D eigenvalue weighted by atomic mass is 9.76. The van der Waals surface area contributed by atoms with Gasteiger partial charge in [0.25, 0.3) is 5.91 Å². The molecular weight excluding hydrogens is 386 g/mol. The molecule has 30 heavy (non-hydrogen) atoms. The molecule has 1 aromatic heterocycles. The standard InChI is InChI=1S/C22H23N3O5/c1-12-17(19(27)30-3)13(2)23-18(12)16(26)11-25-20(28)22(24-21(25)29)10-6-8-14-7-4-5-9-15(14)22/h4-5,7,9,23H,6,8,10-11H2,1-3H3,(H,24,29). The summed E-state index contributed by atoms with van der Waals surface area (Å²) in [6, 6.07) is 7.00. The van der Waals surface area contributed by atoms with Crippen molar-refractivity contribution in [1.82, 2.24) is 15.2 Å². The van der Waals surface area contributed by atoms with Gasteiger partial charge in [-0.3, -0.25) is 14.5 Å². The molecule has 2 N–H and O–H groups in total. The first-order valence-corrected chi connectivity index (χ1v) is 9.83. The van der Waals surface area contributed by atoms with Crippen LogP contribution in [-0.2, 0) is 21.5 Å². The van der Waals surface area contributed by atoms with Gasteiger partial charge in [0.05, 0.1) is 24.9 Å². The highest BCUT2D eigenvalue weighted by molar-refractivity contribution is 6.12. The van der Waals surface area contributed by atoms with Crippen LogP contribution in [0.4, 0.5) is 4.79 Å². The number of imide groups is 1. The van der Waals surface area contributed by atoms with Crippen molar-refractivity contribution < 1.29 is 23.9 Å². The van der Waals surface area contributed by atoms with Gasteiger partial charge in [-0.1, -0.05) is 24.3 Å². The van der Waals surface area contributed by atoms with Crippen molar-refractivity contribution in [2.24, 2.45) is 0 Å². The monoisotopic (exact) mass is 409 g/mol. The SMILES string of the molecule is COC(=O)c1c(C)[nH]c(C(=O)CN2C(=O)NC3(CCCc4ccccc43)C2=O)c1C. The van der Waals surface area contributed by atoms with Gasteiger partial charge in [0.1, 0.15) is 5.54 Å². The number of ketones is 1. The third kappa shape index (κ3) is 2.82. The Bertz CT molecular complexity index is 1090. The number of fused-ring (bicyclic) bond motifs is 2. The molecule has 1 unspecified atom stereocenters. The maximum atomic E-state index is 13.3. The maximum Gasteiger partial charge on any atom is 0.339 e. The molecule has 1 aromatic carbocycles. The number of rotatable bonds is 4. The van der Waals surface area contributed by atoms with Gasteiger partial charge in [-0.2, -0.15) is 0 Å². The van der Waals surface area contributed by atoms with Crippen LogP contribution in [-0.4, -0.2) is 47.2 Å². The summed E-state index contributed by atoms with van der Waals surface area (Å²) in [5, 5.41) is 2.84. The second kappa shape index (κ2) is 7.12. The molecule has 2 aromatic rings. The Balaban J connectivity index is 1.63. The van der Waals surface area contributed by atoms with Crippen LogP contribution in [0, 0.1) is 13.8 Å². The predicted molar refractivity (Wildman–Crippen MR) is 107 cm³/mol. The number of H-pyrrole nitrogens is 1. The molecule has 2 heterocycles. The van der Waals surface area contributed by atoms with Crippen molar-refractivity contribution in [3.63, 3.8) is 0 Å². The van der Waals surface area contributed by atoms with Crippen molar-refractivity contribution in [3.8, 4) is 0 Å². The van der Waals surface area contributed by atoms with Crippen LogP contribution < -0.4 is 5.32 Å². The number of hydrogen-bond donors (Lipinski definition) is 2. The van der Waals surface area contributed by atoms with Crippen molar-refractivity contribution in [1.29, 1.82) is 0 Å². The van der Waals surface area contributed by atoms with Gasteiger partial charge in [-0.25, -0.2) is 9.59 Å². The number of nitrogens with one attached hydrogen (secondary N) is 2. The number of amides is 3. The minimum absolute atomic E-state index is 0.193. The molecular formula is C22H23N3O5. The van der Waals surface area contributed by atoms with Crippen LogP contribution in [0.1, 0.15) is 56.1 Å². The van der Waals surface area contributed by atoms with Gasteiger partial charge in [0, 0.05) is 5.69 Å². The molecule has 1 fully saturated rings. The molecule has 1 saturated heterocycles. The molecule has 8 heteroatoms. The van der Waals surface area contributed by atoms with Crippen molar-refractivity contribution in [2.45, 2.75) is 38.6 Å². The first kappa shape index (κ1) is 19.9. The summed E-state index contributed by atoms with van der Waals surface area (Å²) in [6.07, 6.45) is 2.10. The van der Waals surface area contributed by atoms with E-state index in [1.165, 1.54) is 7.11 Å². The number of benzene rings is 1. The van der Waals surface area contributed by atoms with Crippen LogP contribution in [0.25, 0.3) is 0 Å². The Morgan fingerprint density at radius 2 is 1.93 bits per heavy atom. The van der Waals surface area contributed by atoms with E-state index in [1.807, 2.05) is 24.3 Å². The van der Waals surface area contributed by atoms with Gasteiger partial charge < -0.3 is 15.0 Å². The highest BCUT2D eigenvalue weighted by Crippen LogP contribution is 2.40. The van der Waals surface area contributed by atoms with Crippen LogP contribution in [0.2, 0.25) is 0 Å². The summed E-state index contributed by atoms with van der Waals surface area (Å²) < 4.78 is 4.77. The molecule has 156 valence electrons. The highest BCUT2D eigenvalue weighted by Gasteiger charge is 2.54. The predicted octanol–water partition coefficient (Wildman–Crippen LogP) is 2.38. The van der Waals surface area contributed by atoms with Crippen molar-refractivity contribution in [2.75, 3.05) is 13.7 Å². The number of carbonyl (C=O) groups excluding carboxylic acids is 4. The van der Waals surface area contributed by atoms with E-state index >= 15 is 0 Å². The topological polar surface area (TPSA) is 109 Å². The minimum atomic E-state index is -1.12. The fourth-order valence-electron chi connectivity index (χ4n) is 4.61. The number of nitrogens with zero attached hydrogens (tertiary/aromatic N) is 1. The van der Waals surface area contributed by atoms with Gasteiger partial charge in [0.15, 0.2) is 5.78 Å². The molecule has 0 bridgehead atoms. The number of urea groups is 1. The van der Waals surface area contributed by atoms with Gasteiger partial charge in [-0.05, 0) is 49.8 Å². The Kier molecular flexibility index (Phi) is 4.72. The third-order valence-corrected chi connectivity index (χ3v) is 6.06. The summed E-state index contributed by atoms with van der Waals surface area (Å²) in [5.74, 6) is -1.41. The largest absolute Gasteiger partial charge is 0.465 e. The molecule has 1 aliphatic carbocycles. The number of carbonyl (C=O) groups is 4. The lowest BCUT2D eigenvalue weighted by Gasteiger charge is -2.33. The molecule has 1 atom stereocenters. The minimum Gasteiger partial charge on any atom is -0.465 e. The van der Waals surface area contributed by atoms with Crippen LogP contribution in [0.3, 0.4) is 0 Å². The number of aromatic nitrogens is 1. The quantitative estimate of drug-likeness (QED) is 0.458. The third-order valence-electron chi connectivity index (χ3n) is 6.06. The van der Waals surface area contributed by atoms with E-state index in [1.54, 1.807) is 13.8 Å². The van der Waals surface area contributed by atoms with Crippen LogP contribution in [0.15, 0.2) is 24.3 Å². The molecule has 0 saturated carbocycles. The smallest absolute Gasteiger partial charge is 0.339 e. The van der Waals surface area contributed by atoms with E-state index in [0.717, 1.165) is 28.9 Å². The number of esters is 1. The second-order valence-electron chi connectivity index (χ2n) is 7.78. The number of hydrogen-bond acceptors (Lipinski definition) is 5. The second-order valence-corrected chi connectivity index (χ2v) is 7.78. The molecule has 0 radical (unpaired) electrons. The Hall–Kier alpha value is -3.42. The molecule has 3 amide bonds. The molecule has 2 aliphatic rings. The zero-order valence-corrected chi connectivity index (χ0v) is 17.1. The normalized spacial score (nSPS) is 20.3. The van der Waals surface area contributed by atoms with Gasteiger partial charge in [-0.15, -0.1) is 0 Å². The summed E-state index contributed by atoms with van der Waals surface area (Å²) >= 11 is 0. The first-order chi connectivity index (χ1) is 14.3. The van der Waals surface area contributed by atoms with E-state index in [4.69, 9.17) is 4.74 Å². The van der Waals surface area contributed by atoms with Gasteiger partial charge in [0.2, 0.25) is 0 Å². The lowest BCUT2D eigenvalue weighted by molar-refractivity contribution is -0.131. The number of aromatic amines is 1. The molecule has 4 rings (SSSR count). The van der Waals surface area contributed by atoms with E-state index in [0.29, 0.717) is 17.7 Å². The van der Waals surface area contributed by atoms with Crippen LogP contribution >= 0.6 is 0 Å². The fourth-order valence-corrected chi connectivity index (χ4v) is 4.61. The van der Waals surface area contributed by atoms with E-state index in [2.05, 4.69) is 10.3 Å². The molecule has 8 nitrogen and oxygen atoms in total. The van der Waals surface area contributed by atoms with Gasteiger partial charge >= 0.3 is 12.0 Å². The highest BCUT2D eigenvalue weighted by atomic mass is 16.5. The summed E-state index contributed by atoms with van der Waals surface area (Å²) in [7, 11) is 1.27. The number of Topliss-reactive ketones (excluding diaryl/α,β-unsaturated/α-hetero) is 1. The maximum absolute atomic E-state index is 13.3. The Labute approximate surface area is 173 Å². The number of methoxy groups -OCH3 is 1. The Morgan fingerprint density at radius 3 is 2.67 bits per heavy atom. The summed E-state index contributed by atoms with van der Waals surface area (Å²) in [4.78, 5) is 54.8. The van der Waals surface area contributed by atoms with Crippen molar-refractivity contribution >= 4 is 23.7 Å². The molecule has 1 spiro atoms. The average molecular weight is 409 g/mol. The first-order valence-electron chi connectivity index (χ1n) is 9.83. The fraction of sp³-hybridized carbons (Fsp3) is 0.364. The summed E-state index contributed by atoms with van der Waals surface area (Å²) in [5.41, 5.74) is 2.12. The molecule has 1 aliphatic heterocycles. The van der Waals surface area contributed by atoms with E-state index in [-0.39, 0.29) is 11.3 Å². The zero-order valence-electron chi connectivity index (χ0n) is 17.1. The zero-order chi connectivity index (χ0) is 21.6.